The van der Waals surface area contributed by atoms with Gasteiger partial charge in [0.2, 0.25) is 0 Å². The number of amides is 1. The molecule has 0 saturated heterocycles. The van der Waals surface area contributed by atoms with Crippen molar-refractivity contribution in [1.29, 1.82) is 0 Å². The number of carbonyl (C=O) groups is 1. The lowest BCUT2D eigenvalue weighted by Crippen LogP contribution is -2.36. The first-order valence-corrected chi connectivity index (χ1v) is 6.70. The van der Waals surface area contributed by atoms with Gasteiger partial charge in [-0.3, -0.25) is 4.79 Å². The van der Waals surface area contributed by atoms with Crippen LogP contribution in [0.4, 0.5) is 0 Å². The Balaban J connectivity index is 2.81. The van der Waals surface area contributed by atoms with Gasteiger partial charge in [-0.15, -0.1) is 0 Å². The number of nitrogens with zero attached hydrogens (tertiary/aromatic N) is 1. The first-order chi connectivity index (χ1) is 9.58. The van der Waals surface area contributed by atoms with Crippen molar-refractivity contribution in [2.24, 2.45) is 5.73 Å². The van der Waals surface area contributed by atoms with Crippen molar-refractivity contribution in [3.63, 3.8) is 0 Å². The highest BCUT2D eigenvalue weighted by Crippen LogP contribution is 2.14. The lowest BCUT2D eigenvalue weighted by Gasteiger charge is -2.22. The Kier molecular flexibility index (Phi) is 6.97. The van der Waals surface area contributed by atoms with E-state index in [1.807, 2.05) is 0 Å². The number of nitrogens with two attached hydrogens (primary N) is 1. The molecule has 2 N–H and O–H groups in total. The van der Waals surface area contributed by atoms with Gasteiger partial charge in [0.1, 0.15) is 5.75 Å². The van der Waals surface area contributed by atoms with E-state index in [0.717, 1.165) is 0 Å². The molecule has 0 aliphatic heterocycles. The summed E-state index contributed by atoms with van der Waals surface area (Å²) in [6, 6.07) is 7.05. The third-order valence-electron chi connectivity index (χ3n) is 2.80. The van der Waals surface area contributed by atoms with Crippen LogP contribution < -0.4 is 10.5 Å². The molecule has 0 heterocycles. The van der Waals surface area contributed by atoms with Crippen LogP contribution in [0.2, 0.25) is 0 Å². The highest BCUT2D eigenvalue weighted by Gasteiger charge is 2.16. The summed E-state index contributed by atoms with van der Waals surface area (Å²) in [4.78, 5) is 14.5. The van der Waals surface area contributed by atoms with Gasteiger partial charge in [0, 0.05) is 32.2 Å². The summed E-state index contributed by atoms with van der Waals surface area (Å²) in [5.74, 6) is 0.564. The number of hydrogen-bond donors (Lipinski definition) is 1. The van der Waals surface area contributed by atoms with Crippen molar-refractivity contribution < 1.29 is 14.3 Å². The van der Waals surface area contributed by atoms with E-state index in [9.17, 15) is 4.79 Å². The van der Waals surface area contributed by atoms with Crippen molar-refractivity contribution in [2.45, 2.75) is 6.42 Å². The van der Waals surface area contributed by atoms with Crippen molar-refractivity contribution in [3.05, 3.63) is 29.8 Å². The quantitative estimate of drug-likeness (QED) is 0.736. The minimum Gasteiger partial charge on any atom is -0.497 e. The van der Waals surface area contributed by atoms with Gasteiger partial charge in [-0.05, 0) is 18.2 Å². The SMILES string of the molecule is COCCN(CCC(N)=S)C(=O)c1cccc(OC)c1. The molecule has 5 nitrogen and oxygen atoms in total. The fourth-order valence-corrected chi connectivity index (χ4v) is 1.79. The Bertz CT molecular complexity index is 465. The van der Waals surface area contributed by atoms with Gasteiger partial charge in [0.05, 0.1) is 18.7 Å². The molecule has 0 unspecified atom stereocenters. The molecule has 1 aromatic carbocycles. The molecule has 0 bridgehead atoms. The number of hydrogen-bond acceptors (Lipinski definition) is 4. The van der Waals surface area contributed by atoms with E-state index >= 15 is 0 Å². The smallest absolute Gasteiger partial charge is 0.254 e. The largest absolute Gasteiger partial charge is 0.497 e. The Labute approximate surface area is 124 Å². The Morgan fingerprint density at radius 2 is 2.10 bits per heavy atom. The maximum atomic E-state index is 12.5. The number of methoxy groups -OCH3 is 2. The normalized spacial score (nSPS) is 10.1. The minimum atomic E-state index is -0.0859. The van der Waals surface area contributed by atoms with Crippen LogP contribution in [0.25, 0.3) is 0 Å². The summed E-state index contributed by atoms with van der Waals surface area (Å²) < 4.78 is 10.2. The van der Waals surface area contributed by atoms with E-state index in [-0.39, 0.29) is 5.91 Å². The molecule has 0 spiro atoms. The van der Waals surface area contributed by atoms with Gasteiger partial charge >= 0.3 is 0 Å². The number of benzene rings is 1. The molecule has 1 aromatic rings. The third kappa shape index (κ3) is 5.14. The number of ether oxygens (including phenoxy) is 2. The number of carbonyl (C=O) groups excluding carboxylic acids is 1. The van der Waals surface area contributed by atoms with E-state index in [1.54, 1.807) is 43.4 Å². The fraction of sp³-hybridized carbons (Fsp3) is 0.429. The summed E-state index contributed by atoms with van der Waals surface area (Å²) in [5.41, 5.74) is 6.07. The lowest BCUT2D eigenvalue weighted by molar-refractivity contribution is 0.0701. The molecule has 0 saturated carbocycles. The molecular formula is C14H20N2O3S. The summed E-state index contributed by atoms with van der Waals surface area (Å²) in [5, 5.41) is 0. The summed E-state index contributed by atoms with van der Waals surface area (Å²) in [6.07, 6.45) is 0.495. The first-order valence-electron chi connectivity index (χ1n) is 6.29. The van der Waals surface area contributed by atoms with Crippen molar-refractivity contribution in [2.75, 3.05) is 33.9 Å². The zero-order valence-electron chi connectivity index (χ0n) is 11.8. The Morgan fingerprint density at radius 3 is 2.70 bits per heavy atom. The molecular weight excluding hydrogens is 276 g/mol. The van der Waals surface area contributed by atoms with Crippen molar-refractivity contribution in [1.82, 2.24) is 4.90 Å². The molecule has 6 heteroatoms. The Hall–Kier alpha value is -1.66. The predicted octanol–water partition coefficient (Wildman–Crippen LogP) is 1.46. The molecule has 20 heavy (non-hydrogen) atoms. The second-order valence-corrected chi connectivity index (χ2v) is 4.76. The highest BCUT2D eigenvalue weighted by molar-refractivity contribution is 7.80. The molecule has 110 valence electrons. The van der Waals surface area contributed by atoms with E-state index in [0.29, 0.717) is 42.4 Å². The Morgan fingerprint density at radius 1 is 1.35 bits per heavy atom. The zero-order valence-corrected chi connectivity index (χ0v) is 12.6. The summed E-state index contributed by atoms with van der Waals surface area (Å²) >= 11 is 4.86. The third-order valence-corrected chi connectivity index (χ3v) is 3.00. The fourth-order valence-electron chi connectivity index (χ4n) is 1.70. The van der Waals surface area contributed by atoms with Gasteiger partial charge in [-0.1, -0.05) is 18.3 Å². The maximum Gasteiger partial charge on any atom is 0.254 e. The number of rotatable bonds is 8. The van der Waals surface area contributed by atoms with Gasteiger partial charge < -0.3 is 20.1 Å². The van der Waals surface area contributed by atoms with E-state index < -0.39 is 0 Å². The molecule has 0 radical (unpaired) electrons. The molecule has 1 rings (SSSR count). The van der Waals surface area contributed by atoms with Crippen LogP contribution in [0, 0.1) is 0 Å². The van der Waals surface area contributed by atoms with Crippen LogP contribution in [-0.4, -0.2) is 49.7 Å². The number of thiocarbonyl (C=S) groups is 1. The van der Waals surface area contributed by atoms with Crippen LogP contribution >= 0.6 is 12.2 Å². The molecule has 0 aliphatic carbocycles. The zero-order chi connectivity index (χ0) is 15.0. The topological polar surface area (TPSA) is 64.8 Å². The minimum absolute atomic E-state index is 0.0859. The van der Waals surface area contributed by atoms with Crippen LogP contribution in [0.3, 0.4) is 0 Å². The van der Waals surface area contributed by atoms with Gasteiger partial charge in [0.15, 0.2) is 0 Å². The predicted molar refractivity (Wildman–Crippen MR) is 82.2 cm³/mol. The van der Waals surface area contributed by atoms with Gasteiger partial charge in [-0.2, -0.15) is 0 Å². The lowest BCUT2D eigenvalue weighted by atomic mass is 10.2. The van der Waals surface area contributed by atoms with Gasteiger partial charge in [-0.25, -0.2) is 0 Å². The van der Waals surface area contributed by atoms with Crippen molar-refractivity contribution >= 4 is 23.1 Å². The van der Waals surface area contributed by atoms with E-state index in [2.05, 4.69) is 0 Å². The maximum absolute atomic E-state index is 12.5. The standard InChI is InChI=1S/C14H20N2O3S/c1-18-9-8-16(7-6-13(15)20)14(17)11-4-3-5-12(10-11)19-2/h3-5,10H,6-9H2,1-2H3,(H2,15,20). The van der Waals surface area contributed by atoms with Crippen LogP contribution in [0.1, 0.15) is 16.8 Å². The van der Waals surface area contributed by atoms with Crippen LogP contribution in [0.15, 0.2) is 24.3 Å². The molecule has 0 atom stereocenters. The van der Waals surface area contributed by atoms with Crippen molar-refractivity contribution in [3.8, 4) is 5.75 Å². The molecule has 0 aliphatic rings. The second-order valence-electron chi connectivity index (χ2n) is 4.23. The average Bonchev–Trinajstić information content (AvgIpc) is 2.46. The monoisotopic (exact) mass is 296 g/mol. The molecule has 0 aromatic heterocycles. The molecule has 0 fully saturated rings. The average molecular weight is 296 g/mol. The van der Waals surface area contributed by atoms with Gasteiger partial charge in [0.25, 0.3) is 5.91 Å². The second kappa shape index (κ2) is 8.50. The molecule has 1 amide bonds. The van der Waals surface area contributed by atoms with E-state index in [1.165, 1.54) is 0 Å². The van der Waals surface area contributed by atoms with E-state index in [4.69, 9.17) is 27.4 Å². The summed E-state index contributed by atoms with van der Waals surface area (Å²) in [6.45, 7) is 1.44. The van der Waals surface area contributed by atoms with Crippen LogP contribution in [-0.2, 0) is 4.74 Å². The highest BCUT2D eigenvalue weighted by atomic mass is 32.1. The van der Waals surface area contributed by atoms with Crippen LogP contribution in [0.5, 0.6) is 5.75 Å². The summed E-state index contributed by atoms with van der Waals surface area (Å²) in [7, 11) is 3.17. The first kappa shape index (κ1) is 16.4.